The molecule has 0 saturated heterocycles. The smallest absolute Gasteiger partial charge is 0.0767 e. The molecule has 0 aliphatic carbocycles. The Labute approximate surface area is 119 Å². The zero-order chi connectivity index (χ0) is 13.7. The molecule has 4 nitrogen and oxygen atoms in total. The van der Waals surface area contributed by atoms with Crippen LogP contribution >= 0.6 is 15.9 Å². The maximum atomic E-state index is 4.52. The van der Waals surface area contributed by atoms with Gasteiger partial charge in [-0.3, -0.25) is 9.58 Å². The molecule has 1 rings (SSSR count). The molecule has 0 radical (unpaired) electrons. The normalized spacial score (nSPS) is 11.8. The van der Waals surface area contributed by atoms with E-state index in [0.717, 1.165) is 36.2 Å². The molecule has 0 aromatic carbocycles. The van der Waals surface area contributed by atoms with Crippen molar-refractivity contribution in [1.82, 2.24) is 20.0 Å². The van der Waals surface area contributed by atoms with E-state index in [-0.39, 0.29) is 0 Å². The maximum absolute atomic E-state index is 4.52. The zero-order valence-electron chi connectivity index (χ0n) is 12.1. The van der Waals surface area contributed by atoms with Gasteiger partial charge in [0, 0.05) is 32.7 Å². The average Bonchev–Trinajstić information content (AvgIpc) is 2.56. The number of hydrogen-bond donors (Lipinski definition) is 1. The van der Waals surface area contributed by atoms with Gasteiger partial charge in [-0.2, -0.15) is 5.10 Å². The van der Waals surface area contributed by atoms with Crippen LogP contribution in [0.15, 0.2) is 4.47 Å². The van der Waals surface area contributed by atoms with Gasteiger partial charge in [-0.1, -0.05) is 20.8 Å². The predicted molar refractivity (Wildman–Crippen MR) is 79.8 cm³/mol. The molecule has 0 atom stereocenters. The van der Waals surface area contributed by atoms with Crippen LogP contribution in [0.2, 0.25) is 0 Å². The molecule has 1 aromatic heterocycles. The first-order chi connectivity index (χ1) is 8.45. The number of nitrogens with one attached hydrogen (secondary N) is 1. The lowest BCUT2D eigenvalue weighted by Gasteiger charge is -2.18. The highest BCUT2D eigenvalue weighted by Gasteiger charge is 2.13. The van der Waals surface area contributed by atoms with E-state index in [1.54, 1.807) is 0 Å². The third-order valence-corrected chi connectivity index (χ3v) is 3.88. The van der Waals surface area contributed by atoms with Gasteiger partial charge in [-0.05, 0) is 29.4 Å². The van der Waals surface area contributed by atoms with Crippen LogP contribution in [0.5, 0.6) is 0 Å². The van der Waals surface area contributed by atoms with E-state index in [2.05, 4.69) is 59.1 Å². The molecule has 0 aliphatic rings. The van der Waals surface area contributed by atoms with E-state index in [9.17, 15) is 0 Å². The SMILES string of the molecule is CCc1nn(C)c(CN(C)CCNC(C)C)c1Br. The highest BCUT2D eigenvalue weighted by atomic mass is 79.9. The Kier molecular flexibility index (Phi) is 6.32. The van der Waals surface area contributed by atoms with Crippen molar-refractivity contribution in [2.24, 2.45) is 7.05 Å². The third-order valence-electron chi connectivity index (χ3n) is 2.97. The van der Waals surface area contributed by atoms with Gasteiger partial charge in [0.25, 0.3) is 0 Å². The molecule has 1 N–H and O–H groups in total. The van der Waals surface area contributed by atoms with Crippen molar-refractivity contribution in [3.05, 3.63) is 15.9 Å². The minimum absolute atomic E-state index is 0.550. The summed E-state index contributed by atoms with van der Waals surface area (Å²) in [6, 6.07) is 0.550. The van der Waals surface area contributed by atoms with Gasteiger partial charge in [0.15, 0.2) is 0 Å². The van der Waals surface area contributed by atoms with Crippen molar-refractivity contribution in [2.45, 2.75) is 39.8 Å². The van der Waals surface area contributed by atoms with Crippen molar-refractivity contribution in [1.29, 1.82) is 0 Å². The molecule has 1 heterocycles. The van der Waals surface area contributed by atoms with Crippen LogP contribution in [0.4, 0.5) is 0 Å². The second-order valence-electron chi connectivity index (χ2n) is 5.03. The number of rotatable bonds is 7. The van der Waals surface area contributed by atoms with Gasteiger partial charge in [0.1, 0.15) is 0 Å². The molecule has 1 aromatic rings. The summed E-state index contributed by atoms with van der Waals surface area (Å²) in [6.45, 7) is 9.45. The molecule has 0 bridgehead atoms. The first-order valence-electron chi connectivity index (χ1n) is 6.57. The summed E-state index contributed by atoms with van der Waals surface area (Å²) in [6.07, 6.45) is 0.965. The molecule has 5 heteroatoms. The Morgan fingerprint density at radius 3 is 2.61 bits per heavy atom. The number of aryl methyl sites for hydroxylation is 2. The maximum Gasteiger partial charge on any atom is 0.0767 e. The molecule has 0 unspecified atom stereocenters. The Hall–Kier alpha value is -0.390. The van der Waals surface area contributed by atoms with Gasteiger partial charge in [0.05, 0.1) is 15.9 Å². The largest absolute Gasteiger partial charge is 0.313 e. The molecule has 0 spiro atoms. The van der Waals surface area contributed by atoms with Crippen LogP contribution in [0, 0.1) is 0 Å². The summed E-state index contributed by atoms with van der Waals surface area (Å²) in [7, 11) is 4.16. The number of hydrogen-bond acceptors (Lipinski definition) is 3. The summed E-state index contributed by atoms with van der Waals surface area (Å²) in [4.78, 5) is 2.32. The Morgan fingerprint density at radius 2 is 2.11 bits per heavy atom. The molecular formula is C13H25BrN4. The summed E-state index contributed by atoms with van der Waals surface area (Å²) in [5.41, 5.74) is 2.39. The summed E-state index contributed by atoms with van der Waals surface area (Å²) >= 11 is 3.66. The second kappa shape index (κ2) is 7.26. The fraction of sp³-hybridized carbons (Fsp3) is 0.769. The van der Waals surface area contributed by atoms with Gasteiger partial charge in [0.2, 0.25) is 0 Å². The lowest BCUT2D eigenvalue weighted by Crippen LogP contribution is -2.33. The second-order valence-corrected chi connectivity index (χ2v) is 5.82. The van der Waals surface area contributed by atoms with Crippen LogP contribution in [0.1, 0.15) is 32.2 Å². The van der Waals surface area contributed by atoms with Crippen molar-refractivity contribution in [3.63, 3.8) is 0 Å². The van der Waals surface area contributed by atoms with Crippen LogP contribution in [0.25, 0.3) is 0 Å². The Balaban J connectivity index is 2.53. The highest BCUT2D eigenvalue weighted by molar-refractivity contribution is 9.10. The summed E-state index contributed by atoms with van der Waals surface area (Å²) < 4.78 is 3.14. The predicted octanol–water partition coefficient (Wildman–Crippen LogP) is 2.17. The van der Waals surface area contributed by atoms with Crippen molar-refractivity contribution in [3.8, 4) is 0 Å². The first-order valence-corrected chi connectivity index (χ1v) is 7.37. The molecule has 0 amide bonds. The van der Waals surface area contributed by atoms with E-state index in [0.29, 0.717) is 6.04 Å². The molecule has 0 fully saturated rings. The minimum atomic E-state index is 0.550. The fourth-order valence-electron chi connectivity index (χ4n) is 1.87. The van der Waals surface area contributed by atoms with Gasteiger partial charge in [-0.15, -0.1) is 0 Å². The van der Waals surface area contributed by atoms with Crippen LogP contribution in [0.3, 0.4) is 0 Å². The third kappa shape index (κ3) is 4.37. The van der Waals surface area contributed by atoms with Crippen LogP contribution < -0.4 is 5.32 Å². The standard InChI is InChI=1S/C13H25BrN4/c1-6-11-13(14)12(18(5)16-11)9-17(4)8-7-15-10(2)3/h10,15H,6-9H2,1-5H3. The topological polar surface area (TPSA) is 33.1 Å². The van der Waals surface area contributed by atoms with Crippen molar-refractivity contribution >= 4 is 15.9 Å². The number of aromatic nitrogens is 2. The van der Waals surface area contributed by atoms with Gasteiger partial charge >= 0.3 is 0 Å². The Morgan fingerprint density at radius 1 is 1.44 bits per heavy atom. The highest BCUT2D eigenvalue weighted by Crippen LogP contribution is 2.22. The van der Waals surface area contributed by atoms with E-state index < -0.39 is 0 Å². The van der Waals surface area contributed by atoms with Crippen molar-refractivity contribution in [2.75, 3.05) is 20.1 Å². The van der Waals surface area contributed by atoms with E-state index in [1.807, 2.05) is 11.7 Å². The van der Waals surface area contributed by atoms with Gasteiger partial charge in [-0.25, -0.2) is 0 Å². The first kappa shape index (κ1) is 15.7. The average molecular weight is 317 g/mol. The molecule has 104 valence electrons. The lowest BCUT2D eigenvalue weighted by molar-refractivity contribution is 0.311. The van der Waals surface area contributed by atoms with E-state index >= 15 is 0 Å². The molecule has 0 saturated carbocycles. The monoisotopic (exact) mass is 316 g/mol. The van der Waals surface area contributed by atoms with Crippen LogP contribution in [-0.4, -0.2) is 40.9 Å². The van der Waals surface area contributed by atoms with Crippen molar-refractivity contribution < 1.29 is 0 Å². The number of nitrogens with zero attached hydrogens (tertiary/aromatic N) is 3. The lowest BCUT2D eigenvalue weighted by atomic mass is 10.3. The van der Waals surface area contributed by atoms with E-state index in [4.69, 9.17) is 0 Å². The summed E-state index contributed by atoms with van der Waals surface area (Å²) in [5, 5.41) is 7.95. The summed E-state index contributed by atoms with van der Waals surface area (Å²) in [5.74, 6) is 0. The molecule has 0 aliphatic heterocycles. The number of halogens is 1. The number of likely N-dealkylation sites (N-methyl/N-ethyl adjacent to an activating group) is 1. The van der Waals surface area contributed by atoms with Gasteiger partial charge < -0.3 is 5.32 Å². The quantitative estimate of drug-likeness (QED) is 0.837. The molecular weight excluding hydrogens is 292 g/mol. The molecule has 18 heavy (non-hydrogen) atoms. The van der Waals surface area contributed by atoms with E-state index in [1.165, 1.54) is 5.69 Å². The Bertz CT molecular complexity index is 373. The minimum Gasteiger partial charge on any atom is -0.313 e. The fourth-order valence-corrected chi connectivity index (χ4v) is 2.61. The zero-order valence-corrected chi connectivity index (χ0v) is 13.7. The van der Waals surface area contributed by atoms with Crippen LogP contribution in [-0.2, 0) is 20.0 Å².